The van der Waals surface area contributed by atoms with E-state index in [0.717, 1.165) is 16.3 Å². The molecule has 0 radical (unpaired) electrons. The Morgan fingerprint density at radius 3 is 2.44 bits per heavy atom. The summed E-state index contributed by atoms with van der Waals surface area (Å²) >= 11 is 3.35. The number of halogens is 1. The Bertz CT molecular complexity index is 925. The molecule has 8 heteroatoms. The molecule has 0 fully saturated rings. The summed E-state index contributed by atoms with van der Waals surface area (Å²) in [6, 6.07) is 13.4. The molecular weight excluding hydrogens is 434 g/mol. The van der Waals surface area contributed by atoms with Crippen molar-refractivity contribution >= 4 is 37.6 Å². The predicted octanol–water partition coefficient (Wildman–Crippen LogP) is 3.03. The molecule has 1 unspecified atom stereocenters. The van der Waals surface area contributed by atoms with Crippen molar-refractivity contribution in [2.75, 3.05) is 12.9 Å². The van der Waals surface area contributed by atoms with Gasteiger partial charge in [0.1, 0.15) is 0 Å². The van der Waals surface area contributed by atoms with E-state index in [4.69, 9.17) is 4.74 Å². The minimum atomic E-state index is -3.21. The molecule has 144 valence electrons. The molecule has 1 N–H and O–H groups in total. The molecule has 27 heavy (non-hydrogen) atoms. The highest BCUT2D eigenvalue weighted by Gasteiger charge is 2.14. The van der Waals surface area contributed by atoms with E-state index < -0.39 is 28.3 Å². The van der Waals surface area contributed by atoms with Crippen molar-refractivity contribution < 1.29 is 22.7 Å². The topological polar surface area (TPSA) is 89.5 Å². The standard InChI is InChI=1S/C19H20BrNO5S/c1-13(15-6-8-17(20)9-7-15)21-18(22)11-26-19(23)16-5-3-4-14(10-16)12-27(2,24)25/h3-10,13H,11-12H2,1-2H3,(H,21,22). The van der Waals surface area contributed by atoms with Crippen LogP contribution in [-0.2, 0) is 25.1 Å². The predicted molar refractivity (Wildman–Crippen MR) is 106 cm³/mol. The molecule has 0 saturated carbocycles. The maximum Gasteiger partial charge on any atom is 0.338 e. The van der Waals surface area contributed by atoms with Gasteiger partial charge in [0.05, 0.1) is 17.4 Å². The van der Waals surface area contributed by atoms with Crippen LogP contribution in [0.5, 0.6) is 0 Å². The average molecular weight is 454 g/mol. The molecule has 0 aliphatic heterocycles. The Kier molecular flexibility index (Phi) is 7.15. The number of hydrogen-bond acceptors (Lipinski definition) is 5. The number of ether oxygens (including phenoxy) is 1. The highest BCUT2D eigenvalue weighted by molar-refractivity contribution is 9.10. The van der Waals surface area contributed by atoms with Crippen LogP contribution >= 0.6 is 15.9 Å². The van der Waals surface area contributed by atoms with E-state index in [1.165, 1.54) is 12.1 Å². The van der Waals surface area contributed by atoms with Crippen molar-refractivity contribution in [2.24, 2.45) is 0 Å². The van der Waals surface area contributed by atoms with Gasteiger partial charge in [0, 0.05) is 10.7 Å². The van der Waals surface area contributed by atoms with Gasteiger partial charge in [-0.15, -0.1) is 0 Å². The Morgan fingerprint density at radius 2 is 1.81 bits per heavy atom. The summed E-state index contributed by atoms with van der Waals surface area (Å²) in [4.78, 5) is 24.1. The molecule has 0 heterocycles. The molecule has 0 aliphatic carbocycles. The summed E-state index contributed by atoms with van der Waals surface area (Å²) in [7, 11) is -3.21. The number of benzene rings is 2. The monoisotopic (exact) mass is 453 g/mol. The average Bonchev–Trinajstić information content (AvgIpc) is 2.59. The summed E-state index contributed by atoms with van der Waals surface area (Å²) in [5.41, 5.74) is 1.61. The second kappa shape index (κ2) is 9.14. The van der Waals surface area contributed by atoms with Gasteiger partial charge in [0.25, 0.3) is 5.91 Å². The highest BCUT2D eigenvalue weighted by atomic mass is 79.9. The summed E-state index contributed by atoms with van der Waals surface area (Å²) in [5.74, 6) is -1.28. The third kappa shape index (κ3) is 7.15. The normalized spacial score (nSPS) is 12.3. The first-order valence-electron chi connectivity index (χ1n) is 8.12. The lowest BCUT2D eigenvalue weighted by Crippen LogP contribution is -2.31. The van der Waals surface area contributed by atoms with E-state index in [-0.39, 0.29) is 17.4 Å². The third-order valence-corrected chi connectivity index (χ3v) is 5.06. The molecular formula is C19H20BrNO5S. The van der Waals surface area contributed by atoms with Crippen LogP contribution in [-0.4, -0.2) is 33.2 Å². The van der Waals surface area contributed by atoms with Crippen LogP contribution in [0, 0.1) is 0 Å². The Balaban J connectivity index is 1.90. The summed E-state index contributed by atoms with van der Waals surface area (Å²) < 4.78 is 28.7. The van der Waals surface area contributed by atoms with E-state index >= 15 is 0 Å². The second-order valence-electron chi connectivity index (χ2n) is 6.19. The zero-order valence-electron chi connectivity index (χ0n) is 14.9. The largest absolute Gasteiger partial charge is 0.452 e. The number of nitrogens with one attached hydrogen (secondary N) is 1. The molecule has 6 nitrogen and oxygen atoms in total. The van der Waals surface area contributed by atoms with Gasteiger partial charge >= 0.3 is 5.97 Å². The minimum Gasteiger partial charge on any atom is -0.452 e. The third-order valence-electron chi connectivity index (χ3n) is 3.67. The van der Waals surface area contributed by atoms with Gasteiger partial charge in [-0.1, -0.05) is 40.2 Å². The van der Waals surface area contributed by atoms with Crippen molar-refractivity contribution in [1.29, 1.82) is 0 Å². The molecule has 1 atom stereocenters. The lowest BCUT2D eigenvalue weighted by atomic mass is 10.1. The highest BCUT2D eigenvalue weighted by Crippen LogP contribution is 2.16. The van der Waals surface area contributed by atoms with Gasteiger partial charge in [0.15, 0.2) is 16.4 Å². The summed E-state index contributed by atoms with van der Waals surface area (Å²) in [6.45, 7) is 1.41. The van der Waals surface area contributed by atoms with Crippen molar-refractivity contribution in [1.82, 2.24) is 5.32 Å². The van der Waals surface area contributed by atoms with Crippen LogP contribution < -0.4 is 5.32 Å². The van der Waals surface area contributed by atoms with Gasteiger partial charge in [-0.05, 0) is 42.3 Å². The Morgan fingerprint density at radius 1 is 1.15 bits per heavy atom. The number of sulfone groups is 1. The number of hydrogen-bond donors (Lipinski definition) is 1. The van der Waals surface area contributed by atoms with E-state index in [9.17, 15) is 18.0 Å². The van der Waals surface area contributed by atoms with Crippen LogP contribution in [0.3, 0.4) is 0 Å². The fourth-order valence-corrected chi connectivity index (χ4v) is 3.47. The lowest BCUT2D eigenvalue weighted by Gasteiger charge is -2.14. The zero-order chi connectivity index (χ0) is 20.0. The fourth-order valence-electron chi connectivity index (χ4n) is 2.42. The lowest BCUT2D eigenvalue weighted by molar-refractivity contribution is -0.124. The fraction of sp³-hybridized carbons (Fsp3) is 0.263. The molecule has 0 spiro atoms. The van der Waals surface area contributed by atoms with Crippen LogP contribution in [0.2, 0.25) is 0 Å². The molecule has 1 amide bonds. The van der Waals surface area contributed by atoms with E-state index in [1.807, 2.05) is 31.2 Å². The SMILES string of the molecule is CC(NC(=O)COC(=O)c1cccc(CS(C)(=O)=O)c1)c1ccc(Br)cc1. The Labute approximate surface area is 167 Å². The molecule has 2 aromatic rings. The van der Waals surface area contributed by atoms with E-state index in [0.29, 0.717) is 5.56 Å². The molecule has 0 saturated heterocycles. The van der Waals surface area contributed by atoms with E-state index in [2.05, 4.69) is 21.2 Å². The zero-order valence-corrected chi connectivity index (χ0v) is 17.3. The van der Waals surface area contributed by atoms with Gasteiger partial charge < -0.3 is 10.1 Å². The van der Waals surface area contributed by atoms with Crippen LogP contribution in [0.1, 0.15) is 34.5 Å². The van der Waals surface area contributed by atoms with Crippen molar-refractivity contribution in [3.05, 3.63) is 69.7 Å². The Hall–Kier alpha value is -2.19. The van der Waals surface area contributed by atoms with Gasteiger partial charge in [-0.3, -0.25) is 4.79 Å². The quantitative estimate of drug-likeness (QED) is 0.650. The van der Waals surface area contributed by atoms with Crippen LogP contribution in [0.25, 0.3) is 0 Å². The molecule has 2 rings (SSSR count). The number of carbonyl (C=O) groups excluding carboxylic acids is 2. The van der Waals surface area contributed by atoms with Crippen LogP contribution in [0.4, 0.5) is 0 Å². The van der Waals surface area contributed by atoms with Crippen LogP contribution in [0.15, 0.2) is 53.0 Å². The van der Waals surface area contributed by atoms with Crippen molar-refractivity contribution in [3.8, 4) is 0 Å². The molecule has 0 bridgehead atoms. The number of rotatable bonds is 7. The van der Waals surface area contributed by atoms with Gasteiger partial charge in [0.2, 0.25) is 0 Å². The second-order valence-corrected chi connectivity index (χ2v) is 9.24. The molecule has 2 aromatic carbocycles. The smallest absolute Gasteiger partial charge is 0.338 e. The summed E-state index contributed by atoms with van der Waals surface area (Å²) in [5, 5.41) is 2.75. The van der Waals surface area contributed by atoms with Gasteiger partial charge in [-0.2, -0.15) is 0 Å². The number of esters is 1. The van der Waals surface area contributed by atoms with Crippen molar-refractivity contribution in [2.45, 2.75) is 18.7 Å². The first-order valence-corrected chi connectivity index (χ1v) is 11.0. The molecule has 0 aromatic heterocycles. The number of amides is 1. The first kappa shape index (κ1) is 21.1. The summed E-state index contributed by atoms with van der Waals surface area (Å²) in [6.07, 6.45) is 1.12. The minimum absolute atomic E-state index is 0.167. The molecule has 0 aliphatic rings. The van der Waals surface area contributed by atoms with Crippen molar-refractivity contribution in [3.63, 3.8) is 0 Å². The maximum atomic E-state index is 12.1. The van der Waals surface area contributed by atoms with E-state index in [1.54, 1.807) is 12.1 Å². The first-order chi connectivity index (χ1) is 12.6. The van der Waals surface area contributed by atoms with Gasteiger partial charge in [-0.25, -0.2) is 13.2 Å². The number of carbonyl (C=O) groups is 2. The maximum absolute atomic E-state index is 12.1.